The number of ether oxygens (including phenoxy) is 2. The molecular formula is C13H22N2O2S. The predicted octanol–water partition coefficient (Wildman–Crippen LogP) is 2.84. The highest BCUT2D eigenvalue weighted by Crippen LogP contribution is 2.34. The summed E-state index contributed by atoms with van der Waals surface area (Å²) < 4.78 is 10.5. The van der Waals surface area contributed by atoms with Crippen molar-refractivity contribution in [3.63, 3.8) is 0 Å². The monoisotopic (exact) mass is 270 g/mol. The predicted molar refractivity (Wildman–Crippen MR) is 80.0 cm³/mol. The molecule has 5 heteroatoms. The molecule has 1 atom stereocenters. The summed E-state index contributed by atoms with van der Waals surface area (Å²) in [6, 6.07) is 3.65. The van der Waals surface area contributed by atoms with Gasteiger partial charge in [0.25, 0.3) is 0 Å². The molecule has 0 fully saturated rings. The molecule has 0 radical (unpaired) electrons. The molecule has 0 spiro atoms. The Morgan fingerprint density at radius 2 is 1.89 bits per heavy atom. The van der Waals surface area contributed by atoms with E-state index in [2.05, 4.69) is 18.5 Å². The van der Waals surface area contributed by atoms with Crippen molar-refractivity contribution in [3.05, 3.63) is 12.1 Å². The second-order valence-corrected chi connectivity index (χ2v) is 5.33. The standard InChI is InChI=1S/C13H22N2O2S/c1-9(18-4)5-6-15-11-8-13(17-3)12(16-2)7-10(11)14/h7-9,15H,5-6,14H2,1-4H3. The number of methoxy groups -OCH3 is 2. The molecule has 0 aliphatic rings. The van der Waals surface area contributed by atoms with Crippen molar-refractivity contribution in [2.24, 2.45) is 0 Å². The molecule has 1 rings (SSSR count). The third kappa shape index (κ3) is 3.91. The number of nitrogens with two attached hydrogens (primary N) is 1. The van der Waals surface area contributed by atoms with Gasteiger partial charge in [-0.2, -0.15) is 11.8 Å². The minimum Gasteiger partial charge on any atom is -0.493 e. The van der Waals surface area contributed by atoms with Gasteiger partial charge in [-0.15, -0.1) is 0 Å². The fraction of sp³-hybridized carbons (Fsp3) is 0.538. The molecule has 0 saturated carbocycles. The van der Waals surface area contributed by atoms with E-state index in [9.17, 15) is 0 Å². The highest BCUT2D eigenvalue weighted by Gasteiger charge is 2.09. The molecule has 102 valence electrons. The summed E-state index contributed by atoms with van der Waals surface area (Å²) in [7, 11) is 3.22. The van der Waals surface area contributed by atoms with E-state index in [1.54, 1.807) is 20.3 Å². The summed E-state index contributed by atoms with van der Waals surface area (Å²) in [5.41, 5.74) is 7.53. The third-order valence-electron chi connectivity index (χ3n) is 2.82. The van der Waals surface area contributed by atoms with E-state index in [0.29, 0.717) is 22.4 Å². The van der Waals surface area contributed by atoms with Gasteiger partial charge in [0.1, 0.15) is 0 Å². The summed E-state index contributed by atoms with van der Waals surface area (Å²) in [5.74, 6) is 1.34. The molecule has 1 unspecified atom stereocenters. The van der Waals surface area contributed by atoms with Crippen LogP contribution in [0.3, 0.4) is 0 Å². The van der Waals surface area contributed by atoms with Crippen molar-refractivity contribution in [1.29, 1.82) is 0 Å². The first kappa shape index (κ1) is 14.8. The Labute approximate surface area is 113 Å². The summed E-state index contributed by atoms with van der Waals surface area (Å²) in [6.07, 6.45) is 3.21. The van der Waals surface area contributed by atoms with E-state index >= 15 is 0 Å². The van der Waals surface area contributed by atoms with Crippen LogP contribution in [0.2, 0.25) is 0 Å². The first-order chi connectivity index (χ1) is 8.62. The van der Waals surface area contributed by atoms with E-state index in [1.165, 1.54) is 0 Å². The Balaban J connectivity index is 2.71. The quantitative estimate of drug-likeness (QED) is 0.746. The van der Waals surface area contributed by atoms with Gasteiger partial charge in [0, 0.05) is 23.9 Å². The molecule has 0 bridgehead atoms. The van der Waals surface area contributed by atoms with Crippen molar-refractivity contribution in [1.82, 2.24) is 0 Å². The van der Waals surface area contributed by atoms with Crippen molar-refractivity contribution < 1.29 is 9.47 Å². The van der Waals surface area contributed by atoms with E-state index in [4.69, 9.17) is 15.2 Å². The Morgan fingerprint density at radius 1 is 1.28 bits per heavy atom. The van der Waals surface area contributed by atoms with Gasteiger partial charge in [0.15, 0.2) is 11.5 Å². The molecule has 0 heterocycles. The maximum atomic E-state index is 5.97. The van der Waals surface area contributed by atoms with Gasteiger partial charge in [-0.05, 0) is 12.7 Å². The molecular weight excluding hydrogens is 248 g/mol. The zero-order valence-electron chi connectivity index (χ0n) is 11.4. The molecule has 0 saturated heterocycles. The SMILES string of the molecule is COc1cc(N)c(NCCC(C)SC)cc1OC. The molecule has 4 nitrogen and oxygen atoms in total. The second-order valence-electron chi connectivity index (χ2n) is 4.06. The number of nitrogen functional groups attached to an aromatic ring is 1. The second kappa shape index (κ2) is 7.26. The van der Waals surface area contributed by atoms with Crippen LogP contribution in [0.25, 0.3) is 0 Å². The van der Waals surface area contributed by atoms with Gasteiger partial charge in [0.05, 0.1) is 25.6 Å². The van der Waals surface area contributed by atoms with Gasteiger partial charge in [0.2, 0.25) is 0 Å². The van der Waals surface area contributed by atoms with Crippen LogP contribution in [0.1, 0.15) is 13.3 Å². The average Bonchev–Trinajstić information content (AvgIpc) is 2.39. The summed E-state index contributed by atoms with van der Waals surface area (Å²) in [6.45, 7) is 3.10. The minimum absolute atomic E-state index is 0.638. The number of hydrogen-bond acceptors (Lipinski definition) is 5. The Kier molecular flexibility index (Phi) is 5.98. The van der Waals surface area contributed by atoms with Crippen molar-refractivity contribution in [2.75, 3.05) is 38.1 Å². The van der Waals surface area contributed by atoms with Crippen molar-refractivity contribution in [2.45, 2.75) is 18.6 Å². The van der Waals surface area contributed by atoms with E-state index in [0.717, 1.165) is 18.7 Å². The maximum Gasteiger partial charge on any atom is 0.162 e. The van der Waals surface area contributed by atoms with Crippen LogP contribution in [0, 0.1) is 0 Å². The summed E-state index contributed by atoms with van der Waals surface area (Å²) in [4.78, 5) is 0. The minimum atomic E-state index is 0.638. The van der Waals surface area contributed by atoms with Crippen LogP contribution in [0.5, 0.6) is 11.5 Å². The van der Waals surface area contributed by atoms with Gasteiger partial charge >= 0.3 is 0 Å². The van der Waals surface area contributed by atoms with Crippen LogP contribution in [0.4, 0.5) is 11.4 Å². The smallest absolute Gasteiger partial charge is 0.162 e. The van der Waals surface area contributed by atoms with Gasteiger partial charge in [-0.25, -0.2) is 0 Å². The van der Waals surface area contributed by atoms with E-state index < -0.39 is 0 Å². The van der Waals surface area contributed by atoms with Crippen molar-refractivity contribution >= 4 is 23.1 Å². The highest BCUT2D eigenvalue weighted by molar-refractivity contribution is 7.99. The molecule has 0 aliphatic carbocycles. The zero-order chi connectivity index (χ0) is 13.5. The third-order valence-corrected chi connectivity index (χ3v) is 3.86. The molecule has 1 aromatic rings. The molecule has 1 aromatic carbocycles. The van der Waals surface area contributed by atoms with Crippen LogP contribution in [0.15, 0.2) is 12.1 Å². The lowest BCUT2D eigenvalue weighted by molar-refractivity contribution is 0.355. The first-order valence-corrected chi connectivity index (χ1v) is 7.19. The number of nitrogens with one attached hydrogen (secondary N) is 1. The fourth-order valence-electron chi connectivity index (χ4n) is 1.58. The van der Waals surface area contributed by atoms with Crippen LogP contribution in [-0.2, 0) is 0 Å². The fourth-order valence-corrected chi connectivity index (χ4v) is 1.93. The largest absolute Gasteiger partial charge is 0.493 e. The van der Waals surface area contributed by atoms with Crippen molar-refractivity contribution in [3.8, 4) is 11.5 Å². The van der Waals surface area contributed by atoms with Crippen LogP contribution < -0.4 is 20.5 Å². The lowest BCUT2D eigenvalue weighted by Crippen LogP contribution is -2.09. The van der Waals surface area contributed by atoms with Gasteiger partial charge in [-0.3, -0.25) is 0 Å². The molecule has 0 aromatic heterocycles. The van der Waals surface area contributed by atoms with E-state index in [-0.39, 0.29) is 0 Å². The summed E-state index contributed by atoms with van der Waals surface area (Å²) in [5, 5.41) is 3.97. The normalized spacial score (nSPS) is 12.0. The van der Waals surface area contributed by atoms with Crippen LogP contribution >= 0.6 is 11.8 Å². The number of benzene rings is 1. The Hall–Kier alpha value is -1.23. The molecule has 0 aliphatic heterocycles. The number of anilines is 2. The van der Waals surface area contributed by atoms with Gasteiger partial charge in [-0.1, -0.05) is 6.92 Å². The Morgan fingerprint density at radius 3 is 2.44 bits per heavy atom. The number of rotatable bonds is 7. The molecule has 0 amide bonds. The molecule has 18 heavy (non-hydrogen) atoms. The lowest BCUT2D eigenvalue weighted by atomic mass is 10.2. The molecule has 3 N–H and O–H groups in total. The van der Waals surface area contributed by atoms with E-state index in [1.807, 2.05) is 17.8 Å². The number of hydrogen-bond donors (Lipinski definition) is 2. The maximum absolute atomic E-state index is 5.97. The lowest BCUT2D eigenvalue weighted by Gasteiger charge is -2.15. The highest BCUT2D eigenvalue weighted by atomic mass is 32.2. The first-order valence-electron chi connectivity index (χ1n) is 5.90. The zero-order valence-corrected chi connectivity index (χ0v) is 12.3. The van der Waals surface area contributed by atoms with Gasteiger partial charge < -0.3 is 20.5 Å². The topological polar surface area (TPSA) is 56.5 Å². The number of thioether (sulfide) groups is 1. The summed E-state index contributed by atoms with van der Waals surface area (Å²) >= 11 is 1.86. The average molecular weight is 270 g/mol. The Bertz CT molecular complexity index is 385. The van der Waals surface area contributed by atoms with Crippen LogP contribution in [-0.4, -0.2) is 32.3 Å².